The van der Waals surface area contributed by atoms with Crippen LogP contribution in [-0.2, 0) is 14.3 Å². The van der Waals surface area contributed by atoms with E-state index in [0.717, 1.165) is 0 Å². The molecule has 0 aromatic heterocycles. The van der Waals surface area contributed by atoms with Crippen LogP contribution in [0.15, 0.2) is 53.4 Å². The number of fused-ring (bicyclic) bond motifs is 1. The molecule has 29 heavy (non-hydrogen) atoms. The number of hydrogen-bond donors (Lipinski definition) is 1. The first-order valence-electron chi connectivity index (χ1n) is 9.06. The molecule has 0 unspecified atom stereocenters. The smallest absolute Gasteiger partial charge is 0.339 e. The van der Waals surface area contributed by atoms with E-state index in [1.54, 1.807) is 30.3 Å². The van der Waals surface area contributed by atoms with E-state index in [2.05, 4.69) is 5.32 Å². The third kappa shape index (κ3) is 5.99. The number of thioether (sulfide) groups is 1. The van der Waals surface area contributed by atoms with Crippen molar-refractivity contribution in [3.8, 4) is 11.5 Å². The molecule has 1 aliphatic rings. The fourth-order valence-corrected chi connectivity index (χ4v) is 3.43. The number of carbonyl (C=O) groups is 3. The van der Waals surface area contributed by atoms with Crippen LogP contribution in [0, 0.1) is 0 Å². The molecule has 1 N–H and O–H groups in total. The number of hydrogen-bond acceptors (Lipinski definition) is 7. The van der Waals surface area contributed by atoms with E-state index in [1.165, 1.54) is 18.7 Å². The Labute approximate surface area is 172 Å². The third-order valence-electron chi connectivity index (χ3n) is 3.97. The first kappa shape index (κ1) is 20.7. The van der Waals surface area contributed by atoms with Crippen LogP contribution in [0.2, 0.25) is 0 Å². The van der Waals surface area contributed by atoms with Gasteiger partial charge >= 0.3 is 5.97 Å². The Kier molecular flexibility index (Phi) is 7.13. The summed E-state index contributed by atoms with van der Waals surface area (Å²) in [6.45, 7) is 1.63. The van der Waals surface area contributed by atoms with Gasteiger partial charge in [-0.15, -0.1) is 11.8 Å². The molecule has 0 bridgehead atoms. The van der Waals surface area contributed by atoms with Crippen molar-refractivity contribution in [1.82, 2.24) is 5.32 Å². The Morgan fingerprint density at radius 2 is 1.83 bits per heavy atom. The summed E-state index contributed by atoms with van der Waals surface area (Å²) in [5.41, 5.74) is 0.326. The van der Waals surface area contributed by atoms with Crippen molar-refractivity contribution in [2.75, 3.05) is 25.5 Å². The lowest BCUT2D eigenvalue weighted by molar-refractivity contribution is -0.124. The maximum absolute atomic E-state index is 12.3. The molecule has 2 aromatic carbocycles. The average Bonchev–Trinajstić information content (AvgIpc) is 2.74. The molecule has 0 saturated carbocycles. The van der Waals surface area contributed by atoms with Crippen molar-refractivity contribution in [1.29, 1.82) is 0 Å². The summed E-state index contributed by atoms with van der Waals surface area (Å²) >= 11 is 1.26. The zero-order chi connectivity index (χ0) is 20.6. The Balaban J connectivity index is 1.45. The largest absolute Gasteiger partial charge is 0.486 e. The maximum Gasteiger partial charge on any atom is 0.339 e. The number of nitrogens with one attached hydrogen (secondary N) is 1. The molecule has 0 saturated heterocycles. The van der Waals surface area contributed by atoms with Gasteiger partial charge in [0.15, 0.2) is 18.1 Å². The zero-order valence-corrected chi connectivity index (χ0v) is 16.7. The third-order valence-corrected chi connectivity index (χ3v) is 5.18. The van der Waals surface area contributed by atoms with Gasteiger partial charge in [-0.2, -0.15) is 0 Å². The highest BCUT2D eigenvalue weighted by Crippen LogP contribution is 2.30. The SMILES string of the molecule is CC(=O)CSc1ccccc1C(=O)OCC(=O)NC[C@@H]1COc2ccccc2O1. The van der Waals surface area contributed by atoms with Gasteiger partial charge < -0.3 is 19.5 Å². The van der Waals surface area contributed by atoms with E-state index >= 15 is 0 Å². The molecule has 1 heterocycles. The second kappa shape index (κ2) is 9.97. The molecule has 0 spiro atoms. The van der Waals surface area contributed by atoms with Crippen LogP contribution in [0.5, 0.6) is 11.5 Å². The normalized spacial score (nSPS) is 14.7. The number of ether oxygens (including phenoxy) is 3. The van der Waals surface area contributed by atoms with Gasteiger partial charge in [-0.3, -0.25) is 9.59 Å². The molecule has 8 heteroatoms. The van der Waals surface area contributed by atoms with Gasteiger partial charge in [0.1, 0.15) is 18.5 Å². The molecular formula is C21H21NO6S. The van der Waals surface area contributed by atoms with Gasteiger partial charge in [-0.25, -0.2) is 4.79 Å². The molecule has 7 nitrogen and oxygen atoms in total. The molecule has 152 valence electrons. The highest BCUT2D eigenvalue weighted by molar-refractivity contribution is 8.00. The van der Waals surface area contributed by atoms with E-state index in [4.69, 9.17) is 14.2 Å². The van der Waals surface area contributed by atoms with Gasteiger partial charge in [-0.1, -0.05) is 24.3 Å². The molecule has 2 aromatic rings. The van der Waals surface area contributed by atoms with Crippen molar-refractivity contribution in [3.05, 3.63) is 54.1 Å². The summed E-state index contributed by atoms with van der Waals surface area (Å²) in [6, 6.07) is 14.1. The number of esters is 1. The van der Waals surface area contributed by atoms with Crippen molar-refractivity contribution in [3.63, 3.8) is 0 Å². The lowest BCUT2D eigenvalue weighted by atomic mass is 10.2. The van der Waals surface area contributed by atoms with E-state index < -0.39 is 18.5 Å². The molecule has 1 atom stereocenters. The number of Topliss-reactive ketones (excluding diaryl/α,β-unsaturated/α-hetero) is 1. The van der Waals surface area contributed by atoms with E-state index in [0.29, 0.717) is 28.6 Å². The van der Waals surface area contributed by atoms with Crippen LogP contribution < -0.4 is 14.8 Å². The Morgan fingerprint density at radius 3 is 2.62 bits per heavy atom. The first-order valence-corrected chi connectivity index (χ1v) is 10.0. The van der Waals surface area contributed by atoms with Crippen LogP contribution in [0.3, 0.4) is 0 Å². The Bertz CT molecular complexity index is 900. The molecule has 3 rings (SSSR count). The number of rotatable bonds is 8. The number of carbonyl (C=O) groups excluding carboxylic acids is 3. The van der Waals surface area contributed by atoms with Gasteiger partial charge in [-0.05, 0) is 31.2 Å². The standard InChI is InChI=1S/C21H21NO6S/c1-14(23)13-29-19-9-5-2-6-16(19)21(25)27-12-20(24)22-10-15-11-26-17-7-3-4-8-18(17)28-15/h2-9,15H,10-13H2,1H3,(H,22,24)/t15-/m1/s1. The van der Waals surface area contributed by atoms with Crippen LogP contribution in [0.4, 0.5) is 0 Å². The predicted molar refractivity (Wildman–Crippen MR) is 107 cm³/mol. The lowest BCUT2D eigenvalue weighted by Gasteiger charge is -2.26. The molecule has 1 aliphatic heterocycles. The van der Waals surface area contributed by atoms with Crippen molar-refractivity contribution in [2.24, 2.45) is 0 Å². The summed E-state index contributed by atoms with van der Waals surface area (Å²) in [4.78, 5) is 36.2. The summed E-state index contributed by atoms with van der Waals surface area (Å²) in [6.07, 6.45) is -0.326. The molecular weight excluding hydrogens is 394 g/mol. The Hall–Kier alpha value is -3.00. The van der Waals surface area contributed by atoms with E-state index in [9.17, 15) is 14.4 Å². The summed E-state index contributed by atoms with van der Waals surface area (Å²) < 4.78 is 16.5. The predicted octanol–water partition coefficient (Wildman–Crippen LogP) is 2.48. The zero-order valence-electron chi connectivity index (χ0n) is 15.9. The highest BCUT2D eigenvalue weighted by atomic mass is 32.2. The van der Waals surface area contributed by atoms with Crippen LogP contribution in [0.1, 0.15) is 17.3 Å². The molecule has 0 aliphatic carbocycles. The monoisotopic (exact) mass is 415 g/mol. The van der Waals surface area contributed by atoms with Crippen molar-refractivity contribution in [2.45, 2.75) is 17.9 Å². The van der Waals surface area contributed by atoms with Gasteiger partial charge in [0, 0.05) is 4.90 Å². The first-order chi connectivity index (χ1) is 14.0. The van der Waals surface area contributed by atoms with Crippen LogP contribution in [0.25, 0.3) is 0 Å². The fraction of sp³-hybridized carbons (Fsp3) is 0.286. The Morgan fingerprint density at radius 1 is 1.10 bits per heavy atom. The molecule has 1 amide bonds. The summed E-state index contributed by atoms with van der Waals surface area (Å²) in [5.74, 6) is 0.522. The topological polar surface area (TPSA) is 90.9 Å². The van der Waals surface area contributed by atoms with Crippen LogP contribution in [-0.4, -0.2) is 49.3 Å². The molecule has 0 radical (unpaired) electrons. The number of ketones is 1. The number of amides is 1. The minimum atomic E-state index is -0.613. The van der Waals surface area contributed by atoms with Gasteiger partial charge in [0.05, 0.1) is 17.9 Å². The quantitative estimate of drug-likeness (QED) is 0.523. The summed E-state index contributed by atoms with van der Waals surface area (Å²) in [5, 5.41) is 2.67. The van der Waals surface area contributed by atoms with Gasteiger partial charge in [0.25, 0.3) is 5.91 Å². The van der Waals surface area contributed by atoms with E-state index in [-0.39, 0.29) is 24.2 Å². The highest BCUT2D eigenvalue weighted by Gasteiger charge is 2.21. The van der Waals surface area contributed by atoms with Crippen molar-refractivity contribution >= 4 is 29.4 Å². The molecule has 0 fully saturated rings. The lowest BCUT2D eigenvalue weighted by Crippen LogP contribution is -2.42. The maximum atomic E-state index is 12.3. The van der Waals surface area contributed by atoms with Crippen LogP contribution >= 0.6 is 11.8 Å². The van der Waals surface area contributed by atoms with Crippen molar-refractivity contribution < 1.29 is 28.6 Å². The number of para-hydroxylation sites is 2. The van der Waals surface area contributed by atoms with Gasteiger partial charge in [0.2, 0.25) is 0 Å². The minimum Gasteiger partial charge on any atom is -0.486 e. The minimum absolute atomic E-state index is 0.00841. The average molecular weight is 415 g/mol. The summed E-state index contributed by atoms with van der Waals surface area (Å²) in [7, 11) is 0. The second-order valence-electron chi connectivity index (χ2n) is 6.36. The van der Waals surface area contributed by atoms with E-state index in [1.807, 2.05) is 18.2 Å². The fourth-order valence-electron chi connectivity index (χ4n) is 2.59. The number of benzene rings is 2. The second-order valence-corrected chi connectivity index (χ2v) is 7.38.